The zero-order chi connectivity index (χ0) is 19.9. The third kappa shape index (κ3) is 7.25. The quantitative estimate of drug-likeness (QED) is 0.319. The lowest BCUT2D eigenvalue weighted by Gasteiger charge is -2.31. The molecular formula is C21H34IN5OS. The van der Waals surface area contributed by atoms with E-state index in [0.29, 0.717) is 11.8 Å². The van der Waals surface area contributed by atoms with Gasteiger partial charge in [0.05, 0.1) is 12.2 Å². The highest BCUT2D eigenvalue weighted by atomic mass is 127. The monoisotopic (exact) mass is 531 g/mol. The first-order valence-electron chi connectivity index (χ1n) is 10.2. The molecule has 0 aromatic carbocycles. The van der Waals surface area contributed by atoms with Crippen LogP contribution in [0.2, 0.25) is 0 Å². The van der Waals surface area contributed by atoms with Crippen LogP contribution in [-0.4, -0.2) is 49.1 Å². The SMILES string of the molecule is CN=C(NCC1CCN(Cc2nc(C)c(C)o2)CC1)NCC(C)c1ccsc1.I. The van der Waals surface area contributed by atoms with Gasteiger partial charge in [0.2, 0.25) is 5.89 Å². The van der Waals surface area contributed by atoms with Crippen LogP contribution in [0.4, 0.5) is 0 Å². The number of rotatable bonds is 7. The van der Waals surface area contributed by atoms with Gasteiger partial charge in [-0.25, -0.2) is 4.98 Å². The van der Waals surface area contributed by atoms with Gasteiger partial charge in [0, 0.05) is 20.1 Å². The van der Waals surface area contributed by atoms with Crippen LogP contribution in [0.5, 0.6) is 0 Å². The Kier molecular flexibility index (Phi) is 9.91. The number of aryl methyl sites for hydroxylation is 2. The molecular weight excluding hydrogens is 497 g/mol. The topological polar surface area (TPSA) is 65.7 Å². The van der Waals surface area contributed by atoms with Gasteiger partial charge in [-0.3, -0.25) is 9.89 Å². The van der Waals surface area contributed by atoms with Crippen LogP contribution in [0.25, 0.3) is 0 Å². The molecule has 1 saturated heterocycles. The fourth-order valence-electron chi connectivity index (χ4n) is 3.53. The van der Waals surface area contributed by atoms with E-state index < -0.39 is 0 Å². The molecule has 29 heavy (non-hydrogen) atoms. The Labute approximate surface area is 195 Å². The van der Waals surface area contributed by atoms with Crippen LogP contribution in [0.1, 0.15) is 48.6 Å². The molecule has 3 rings (SSSR count). The number of aromatic nitrogens is 1. The van der Waals surface area contributed by atoms with Gasteiger partial charge in [-0.2, -0.15) is 11.3 Å². The third-order valence-electron chi connectivity index (χ3n) is 5.61. The molecule has 1 aliphatic heterocycles. The van der Waals surface area contributed by atoms with Gasteiger partial charge < -0.3 is 15.1 Å². The van der Waals surface area contributed by atoms with Gasteiger partial charge in [-0.15, -0.1) is 24.0 Å². The maximum Gasteiger partial charge on any atom is 0.208 e. The molecule has 2 N–H and O–H groups in total. The van der Waals surface area contributed by atoms with Crippen molar-refractivity contribution in [2.75, 3.05) is 33.2 Å². The van der Waals surface area contributed by atoms with E-state index in [1.807, 2.05) is 20.9 Å². The van der Waals surface area contributed by atoms with Crippen molar-refractivity contribution in [2.45, 2.75) is 46.1 Å². The summed E-state index contributed by atoms with van der Waals surface area (Å²) in [4.78, 5) is 11.3. The van der Waals surface area contributed by atoms with Gasteiger partial charge in [0.15, 0.2) is 5.96 Å². The summed E-state index contributed by atoms with van der Waals surface area (Å²) >= 11 is 1.75. The lowest BCUT2D eigenvalue weighted by molar-refractivity contribution is 0.164. The minimum Gasteiger partial charge on any atom is -0.444 e. The Morgan fingerprint density at radius 1 is 1.34 bits per heavy atom. The highest BCUT2D eigenvalue weighted by Gasteiger charge is 2.21. The van der Waals surface area contributed by atoms with E-state index in [4.69, 9.17) is 4.42 Å². The molecule has 0 aliphatic carbocycles. The largest absolute Gasteiger partial charge is 0.444 e. The van der Waals surface area contributed by atoms with E-state index >= 15 is 0 Å². The number of likely N-dealkylation sites (tertiary alicyclic amines) is 1. The van der Waals surface area contributed by atoms with Crippen molar-refractivity contribution >= 4 is 41.3 Å². The zero-order valence-electron chi connectivity index (χ0n) is 17.9. The summed E-state index contributed by atoms with van der Waals surface area (Å²) in [5.41, 5.74) is 2.39. The molecule has 1 unspecified atom stereocenters. The minimum absolute atomic E-state index is 0. The van der Waals surface area contributed by atoms with E-state index in [-0.39, 0.29) is 24.0 Å². The predicted molar refractivity (Wildman–Crippen MR) is 131 cm³/mol. The Morgan fingerprint density at radius 3 is 2.69 bits per heavy atom. The Hall–Kier alpha value is -1.13. The molecule has 0 amide bonds. The number of nitrogens with one attached hydrogen (secondary N) is 2. The first-order chi connectivity index (χ1) is 13.5. The molecule has 162 valence electrons. The molecule has 0 saturated carbocycles. The van der Waals surface area contributed by atoms with Gasteiger partial charge >= 0.3 is 0 Å². The van der Waals surface area contributed by atoms with Crippen LogP contribution < -0.4 is 10.6 Å². The molecule has 8 heteroatoms. The van der Waals surface area contributed by atoms with Gasteiger partial charge in [-0.05, 0) is 74.0 Å². The standard InChI is InChI=1S/C21H33N5OS.HI/c1-15(19-7-10-28-14-19)11-23-21(22-4)24-12-18-5-8-26(9-6-18)13-20-25-16(2)17(3)27-20;/h7,10,14-15,18H,5-6,8-9,11-13H2,1-4H3,(H2,22,23,24);1H. The average molecular weight is 532 g/mol. The Bertz CT molecular complexity index is 734. The van der Waals surface area contributed by atoms with E-state index in [1.165, 1.54) is 18.4 Å². The number of hydrogen-bond donors (Lipinski definition) is 2. The summed E-state index contributed by atoms with van der Waals surface area (Å²) in [6, 6.07) is 2.20. The van der Waals surface area contributed by atoms with Crippen molar-refractivity contribution in [1.29, 1.82) is 0 Å². The van der Waals surface area contributed by atoms with E-state index in [9.17, 15) is 0 Å². The third-order valence-corrected chi connectivity index (χ3v) is 6.31. The van der Waals surface area contributed by atoms with Crippen LogP contribution >= 0.6 is 35.3 Å². The normalized spacial score (nSPS) is 17.0. The van der Waals surface area contributed by atoms with Gasteiger partial charge in [0.25, 0.3) is 0 Å². The first kappa shape index (κ1) is 24.1. The molecule has 1 atom stereocenters. The van der Waals surface area contributed by atoms with Crippen molar-refractivity contribution in [3.05, 3.63) is 39.7 Å². The molecule has 0 bridgehead atoms. The average Bonchev–Trinajstić information content (AvgIpc) is 3.33. The second-order valence-electron chi connectivity index (χ2n) is 7.76. The summed E-state index contributed by atoms with van der Waals surface area (Å²) in [6.45, 7) is 11.1. The van der Waals surface area contributed by atoms with Crippen LogP contribution in [-0.2, 0) is 6.54 Å². The predicted octanol–water partition coefficient (Wildman–Crippen LogP) is 4.15. The number of oxazole rings is 1. The lowest BCUT2D eigenvalue weighted by atomic mass is 9.97. The number of nitrogens with zero attached hydrogens (tertiary/aromatic N) is 3. The molecule has 2 aromatic rings. The lowest BCUT2D eigenvalue weighted by Crippen LogP contribution is -2.43. The van der Waals surface area contributed by atoms with E-state index in [1.54, 1.807) is 11.3 Å². The fourth-order valence-corrected chi connectivity index (χ4v) is 4.31. The fraction of sp³-hybridized carbons (Fsp3) is 0.619. The molecule has 6 nitrogen and oxygen atoms in total. The molecule has 3 heterocycles. The van der Waals surface area contributed by atoms with Gasteiger partial charge in [-0.1, -0.05) is 6.92 Å². The van der Waals surface area contributed by atoms with Crippen molar-refractivity contribution in [1.82, 2.24) is 20.5 Å². The number of halogens is 1. The summed E-state index contributed by atoms with van der Waals surface area (Å²) < 4.78 is 5.72. The van der Waals surface area contributed by atoms with Gasteiger partial charge in [0.1, 0.15) is 5.76 Å². The second kappa shape index (κ2) is 11.9. The van der Waals surface area contributed by atoms with Crippen LogP contribution in [0.3, 0.4) is 0 Å². The number of piperidine rings is 1. The second-order valence-corrected chi connectivity index (χ2v) is 8.54. The maximum absolute atomic E-state index is 5.72. The molecule has 1 aliphatic rings. The van der Waals surface area contributed by atoms with Crippen LogP contribution in [0, 0.1) is 19.8 Å². The minimum atomic E-state index is 0. The van der Waals surface area contributed by atoms with Crippen molar-refractivity contribution in [3.63, 3.8) is 0 Å². The van der Waals surface area contributed by atoms with Crippen molar-refractivity contribution < 1.29 is 4.42 Å². The zero-order valence-corrected chi connectivity index (χ0v) is 21.0. The number of hydrogen-bond acceptors (Lipinski definition) is 5. The first-order valence-corrected chi connectivity index (χ1v) is 11.1. The van der Waals surface area contributed by atoms with E-state index in [0.717, 1.165) is 56.0 Å². The number of thiophene rings is 1. The molecule has 2 aromatic heterocycles. The molecule has 0 radical (unpaired) electrons. The Morgan fingerprint density at radius 2 is 2.10 bits per heavy atom. The van der Waals surface area contributed by atoms with Crippen molar-refractivity contribution in [2.24, 2.45) is 10.9 Å². The molecule has 1 fully saturated rings. The number of guanidine groups is 1. The smallest absolute Gasteiger partial charge is 0.208 e. The summed E-state index contributed by atoms with van der Waals surface area (Å²) in [6.07, 6.45) is 2.38. The summed E-state index contributed by atoms with van der Waals surface area (Å²) in [7, 11) is 1.84. The number of aliphatic imine (C=N–C) groups is 1. The highest BCUT2D eigenvalue weighted by molar-refractivity contribution is 14.0. The Balaban J connectivity index is 0.00000300. The highest BCUT2D eigenvalue weighted by Crippen LogP contribution is 2.19. The maximum atomic E-state index is 5.72. The summed E-state index contributed by atoms with van der Waals surface area (Å²) in [5, 5.41) is 11.3. The molecule has 0 spiro atoms. The van der Waals surface area contributed by atoms with E-state index in [2.05, 4.69) is 49.3 Å². The van der Waals surface area contributed by atoms with Crippen molar-refractivity contribution in [3.8, 4) is 0 Å². The summed E-state index contributed by atoms with van der Waals surface area (Å²) in [5.74, 6) is 3.83. The van der Waals surface area contributed by atoms with Crippen LogP contribution in [0.15, 0.2) is 26.2 Å².